The molecule has 3 aromatic rings. The Bertz CT molecular complexity index is 672. The van der Waals surface area contributed by atoms with Crippen LogP contribution in [0.5, 0.6) is 0 Å². The summed E-state index contributed by atoms with van der Waals surface area (Å²) in [6, 6.07) is 32.1. The predicted octanol–water partition coefficient (Wildman–Crippen LogP) is 7.79. The van der Waals surface area contributed by atoms with E-state index in [4.69, 9.17) is 0 Å². The molecule has 0 nitrogen and oxygen atoms in total. The second-order valence-corrected chi connectivity index (χ2v) is 7.12. The first-order valence-corrected chi connectivity index (χ1v) is 9.78. The van der Waals surface area contributed by atoms with Gasteiger partial charge in [0.05, 0.1) is 0 Å². The zero-order valence-electron chi connectivity index (χ0n) is 16.6. The molecule has 26 heavy (non-hydrogen) atoms. The van der Waals surface area contributed by atoms with E-state index < -0.39 is 0 Å². The van der Waals surface area contributed by atoms with Crippen LogP contribution in [0.4, 0.5) is 0 Å². The van der Waals surface area contributed by atoms with Crippen LogP contribution in [0.1, 0.15) is 68.6 Å². The molecule has 3 unspecified atom stereocenters. The molecule has 0 bridgehead atoms. The van der Waals surface area contributed by atoms with Crippen LogP contribution in [-0.4, -0.2) is 0 Å². The first-order chi connectivity index (χ1) is 12.6. The first-order valence-electron chi connectivity index (χ1n) is 9.78. The minimum atomic E-state index is 0.559. The van der Waals surface area contributed by atoms with Crippen molar-refractivity contribution in [2.24, 2.45) is 0 Å². The Balaban J connectivity index is 0.000000209. The molecule has 136 valence electrons. The van der Waals surface area contributed by atoms with Crippen molar-refractivity contribution in [3.8, 4) is 0 Å². The fourth-order valence-corrected chi connectivity index (χ4v) is 3.11. The Kier molecular flexibility index (Phi) is 8.15. The fourth-order valence-electron chi connectivity index (χ4n) is 3.11. The molecular formula is C26H32. The molecule has 0 heteroatoms. The second kappa shape index (κ2) is 10.6. The predicted molar refractivity (Wildman–Crippen MR) is 115 cm³/mol. The van der Waals surface area contributed by atoms with Gasteiger partial charge in [0.1, 0.15) is 0 Å². The molecule has 3 atom stereocenters. The van der Waals surface area contributed by atoms with Gasteiger partial charge >= 0.3 is 0 Å². The molecule has 0 heterocycles. The summed E-state index contributed by atoms with van der Waals surface area (Å²) in [7, 11) is 0. The lowest BCUT2D eigenvalue weighted by molar-refractivity contribution is 0.624. The van der Waals surface area contributed by atoms with Crippen LogP contribution in [0.3, 0.4) is 0 Å². The minimum Gasteiger partial charge on any atom is -0.0648 e. The van der Waals surface area contributed by atoms with E-state index in [9.17, 15) is 0 Å². The summed E-state index contributed by atoms with van der Waals surface area (Å²) in [6.45, 7) is 9.08. The normalized spacial score (nSPS) is 13.8. The van der Waals surface area contributed by atoms with Gasteiger partial charge in [0.15, 0.2) is 0 Å². The van der Waals surface area contributed by atoms with Gasteiger partial charge in [-0.2, -0.15) is 0 Å². The summed E-state index contributed by atoms with van der Waals surface area (Å²) in [4.78, 5) is 0. The van der Waals surface area contributed by atoms with E-state index in [0.717, 1.165) is 0 Å². The Labute approximate surface area is 159 Å². The lowest BCUT2D eigenvalue weighted by atomic mass is 9.84. The molecule has 0 saturated heterocycles. The van der Waals surface area contributed by atoms with Crippen molar-refractivity contribution in [3.05, 3.63) is 108 Å². The maximum atomic E-state index is 2.30. The molecule has 0 aliphatic heterocycles. The topological polar surface area (TPSA) is 0 Å². The number of rotatable bonds is 5. The Morgan fingerprint density at radius 1 is 0.500 bits per heavy atom. The highest BCUT2D eigenvalue weighted by atomic mass is 14.2. The van der Waals surface area contributed by atoms with Crippen molar-refractivity contribution in [1.29, 1.82) is 0 Å². The maximum Gasteiger partial charge on any atom is -0.0124 e. The molecule has 3 rings (SSSR count). The average Bonchev–Trinajstić information content (AvgIpc) is 2.74. The van der Waals surface area contributed by atoms with Gasteiger partial charge < -0.3 is 0 Å². The van der Waals surface area contributed by atoms with Gasteiger partial charge in [0, 0.05) is 0 Å². The molecule has 0 saturated carbocycles. The average molecular weight is 345 g/mol. The molecule has 3 aromatic carbocycles. The van der Waals surface area contributed by atoms with Crippen LogP contribution in [0.15, 0.2) is 91.0 Å². The SMILES string of the molecule is CC(c1ccccc1)C(C)c1ccccc1.CCC(C)c1ccccc1. The molecule has 0 aliphatic rings. The highest BCUT2D eigenvalue weighted by Crippen LogP contribution is 2.31. The number of hydrogen-bond donors (Lipinski definition) is 0. The van der Waals surface area contributed by atoms with Crippen LogP contribution in [-0.2, 0) is 0 Å². The smallest absolute Gasteiger partial charge is 0.0124 e. The lowest BCUT2D eigenvalue weighted by Crippen LogP contribution is -2.04. The molecule has 0 aliphatic carbocycles. The molecule has 0 N–H and O–H groups in total. The number of hydrogen-bond acceptors (Lipinski definition) is 0. The number of benzene rings is 3. The lowest BCUT2D eigenvalue weighted by Gasteiger charge is -2.20. The van der Waals surface area contributed by atoms with E-state index in [0.29, 0.717) is 17.8 Å². The van der Waals surface area contributed by atoms with Crippen molar-refractivity contribution in [3.63, 3.8) is 0 Å². The van der Waals surface area contributed by atoms with E-state index in [-0.39, 0.29) is 0 Å². The van der Waals surface area contributed by atoms with Crippen LogP contribution >= 0.6 is 0 Å². The maximum absolute atomic E-state index is 2.30. The molecule has 0 aromatic heterocycles. The van der Waals surface area contributed by atoms with Gasteiger partial charge in [0.2, 0.25) is 0 Å². The van der Waals surface area contributed by atoms with Crippen LogP contribution in [0, 0.1) is 0 Å². The summed E-state index contributed by atoms with van der Waals surface area (Å²) in [5.74, 6) is 1.83. The van der Waals surface area contributed by atoms with Crippen LogP contribution < -0.4 is 0 Å². The van der Waals surface area contributed by atoms with E-state index in [1.54, 1.807) is 0 Å². The standard InChI is InChI=1S/C16H18.C10H14/c1-13(15-9-5-3-6-10-15)14(2)16-11-7-4-8-12-16;1-3-9(2)10-7-5-4-6-8-10/h3-14H,1-2H3;4-9H,3H2,1-2H3. The van der Waals surface area contributed by atoms with Crippen LogP contribution in [0.25, 0.3) is 0 Å². The third kappa shape index (κ3) is 5.88. The molecule has 0 spiro atoms. The summed E-state index contributed by atoms with van der Waals surface area (Å²) in [5.41, 5.74) is 4.28. The second-order valence-electron chi connectivity index (χ2n) is 7.12. The monoisotopic (exact) mass is 344 g/mol. The zero-order valence-corrected chi connectivity index (χ0v) is 16.6. The first kappa shape index (κ1) is 20.0. The van der Waals surface area contributed by atoms with Gasteiger partial charge in [0.25, 0.3) is 0 Å². The van der Waals surface area contributed by atoms with Gasteiger partial charge in [-0.1, -0.05) is 119 Å². The van der Waals surface area contributed by atoms with E-state index in [1.807, 2.05) is 0 Å². The van der Waals surface area contributed by atoms with Gasteiger partial charge in [-0.05, 0) is 40.9 Å². The van der Waals surface area contributed by atoms with E-state index >= 15 is 0 Å². The Morgan fingerprint density at radius 3 is 1.12 bits per heavy atom. The zero-order chi connectivity index (χ0) is 18.8. The van der Waals surface area contributed by atoms with E-state index in [2.05, 4.69) is 119 Å². The van der Waals surface area contributed by atoms with Crippen molar-refractivity contribution in [2.45, 2.75) is 51.9 Å². The quantitative estimate of drug-likeness (QED) is 0.443. The third-order valence-electron chi connectivity index (χ3n) is 5.38. The highest BCUT2D eigenvalue weighted by Gasteiger charge is 2.15. The van der Waals surface area contributed by atoms with Gasteiger partial charge in [-0.25, -0.2) is 0 Å². The van der Waals surface area contributed by atoms with Gasteiger partial charge in [-0.15, -0.1) is 0 Å². The summed E-state index contributed by atoms with van der Waals surface area (Å²) < 4.78 is 0. The molecule has 0 amide bonds. The largest absolute Gasteiger partial charge is 0.0648 e. The van der Waals surface area contributed by atoms with Gasteiger partial charge in [-0.3, -0.25) is 0 Å². The third-order valence-corrected chi connectivity index (χ3v) is 5.38. The highest BCUT2D eigenvalue weighted by molar-refractivity contribution is 5.27. The molecule has 0 fully saturated rings. The van der Waals surface area contributed by atoms with Crippen molar-refractivity contribution >= 4 is 0 Å². The van der Waals surface area contributed by atoms with Crippen molar-refractivity contribution in [2.75, 3.05) is 0 Å². The Hall–Kier alpha value is -2.34. The summed E-state index contributed by atoms with van der Waals surface area (Å²) in [5, 5.41) is 0. The summed E-state index contributed by atoms with van der Waals surface area (Å²) in [6.07, 6.45) is 1.23. The van der Waals surface area contributed by atoms with Crippen LogP contribution in [0.2, 0.25) is 0 Å². The molecular weight excluding hydrogens is 312 g/mol. The minimum absolute atomic E-state index is 0.559. The van der Waals surface area contributed by atoms with Crippen molar-refractivity contribution < 1.29 is 0 Å². The molecule has 0 radical (unpaired) electrons. The fraction of sp³-hybridized carbons (Fsp3) is 0.308. The van der Waals surface area contributed by atoms with E-state index in [1.165, 1.54) is 23.1 Å². The Morgan fingerprint density at radius 2 is 0.808 bits per heavy atom. The summed E-state index contributed by atoms with van der Waals surface area (Å²) >= 11 is 0. The van der Waals surface area contributed by atoms with Crippen molar-refractivity contribution in [1.82, 2.24) is 0 Å².